The standard InChI is InChI=1S/C21H22N4O2/c1-4-15-9-11-16(12-10-15)13-22-23-20(26)19-17-7-5-6-8-18(17)21(27)25(24-19)14(2)3/h5-14H,4H2,1-3H3,(H,23,26)/b22-13-. The zero-order chi connectivity index (χ0) is 19.4. The Balaban J connectivity index is 1.89. The Hall–Kier alpha value is -3.28. The molecule has 3 rings (SSSR count). The van der Waals surface area contributed by atoms with Gasteiger partial charge in [-0.15, -0.1) is 0 Å². The second-order valence-electron chi connectivity index (χ2n) is 6.53. The number of nitrogens with one attached hydrogen (secondary N) is 1. The van der Waals surface area contributed by atoms with Crippen molar-refractivity contribution in [2.75, 3.05) is 0 Å². The first-order chi connectivity index (χ1) is 13.0. The van der Waals surface area contributed by atoms with Crippen molar-refractivity contribution in [3.8, 4) is 0 Å². The molecule has 1 heterocycles. The molecule has 6 heteroatoms. The van der Waals surface area contributed by atoms with Crippen molar-refractivity contribution in [1.29, 1.82) is 0 Å². The summed E-state index contributed by atoms with van der Waals surface area (Å²) in [5.41, 5.74) is 4.60. The fourth-order valence-electron chi connectivity index (χ4n) is 2.78. The van der Waals surface area contributed by atoms with Gasteiger partial charge in [-0.3, -0.25) is 9.59 Å². The third-order valence-electron chi connectivity index (χ3n) is 4.30. The molecule has 3 aromatic rings. The quantitative estimate of drug-likeness (QED) is 0.559. The lowest BCUT2D eigenvalue weighted by Gasteiger charge is -2.12. The first-order valence-electron chi connectivity index (χ1n) is 8.95. The van der Waals surface area contributed by atoms with Crippen LogP contribution in [0.5, 0.6) is 0 Å². The van der Waals surface area contributed by atoms with Crippen molar-refractivity contribution in [2.45, 2.75) is 33.2 Å². The summed E-state index contributed by atoms with van der Waals surface area (Å²) in [6.45, 7) is 5.79. The minimum Gasteiger partial charge on any atom is -0.267 e. The predicted molar refractivity (Wildman–Crippen MR) is 107 cm³/mol. The number of hydrogen-bond acceptors (Lipinski definition) is 4. The van der Waals surface area contributed by atoms with Gasteiger partial charge in [0, 0.05) is 5.39 Å². The maximum atomic E-state index is 12.6. The number of fused-ring (bicyclic) bond motifs is 1. The van der Waals surface area contributed by atoms with Crippen LogP contribution in [-0.4, -0.2) is 21.9 Å². The monoisotopic (exact) mass is 362 g/mol. The van der Waals surface area contributed by atoms with Gasteiger partial charge in [0.1, 0.15) is 0 Å². The normalized spacial score (nSPS) is 11.4. The lowest BCUT2D eigenvalue weighted by Crippen LogP contribution is -2.30. The molecule has 0 spiro atoms. The van der Waals surface area contributed by atoms with Crippen LogP contribution < -0.4 is 11.0 Å². The molecule has 6 nitrogen and oxygen atoms in total. The van der Waals surface area contributed by atoms with E-state index in [-0.39, 0.29) is 17.3 Å². The van der Waals surface area contributed by atoms with Gasteiger partial charge in [-0.05, 0) is 37.5 Å². The lowest BCUT2D eigenvalue weighted by molar-refractivity contribution is 0.0949. The summed E-state index contributed by atoms with van der Waals surface area (Å²) in [5, 5.41) is 9.27. The molecule has 0 fully saturated rings. The molecular formula is C21H22N4O2. The molecular weight excluding hydrogens is 340 g/mol. The van der Waals surface area contributed by atoms with Gasteiger partial charge in [0.2, 0.25) is 0 Å². The number of hydrazone groups is 1. The molecule has 0 aliphatic heterocycles. The number of carbonyl (C=O) groups excluding carboxylic acids is 1. The summed E-state index contributed by atoms with van der Waals surface area (Å²) < 4.78 is 1.32. The molecule has 0 bridgehead atoms. The van der Waals surface area contributed by atoms with Crippen molar-refractivity contribution in [3.63, 3.8) is 0 Å². The van der Waals surface area contributed by atoms with Gasteiger partial charge < -0.3 is 0 Å². The van der Waals surface area contributed by atoms with E-state index in [1.807, 2.05) is 38.1 Å². The number of aryl methyl sites for hydroxylation is 1. The van der Waals surface area contributed by atoms with Crippen molar-refractivity contribution >= 4 is 22.9 Å². The molecule has 0 saturated carbocycles. The summed E-state index contributed by atoms with van der Waals surface area (Å²) >= 11 is 0. The number of hydrogen-bond donors (Lipinski definition) is 1. The maximum Gasteiger partial charge on any atom is 0.292 e. The molecule has 2 aromatic carbocycles. The number of benzene rings is 2. The summed E-state index contributed by atoms with van der Waals surface area (Å²) in [4.78, 5) is 25.2. The highest BCUT2D eigenvalue weighted by Gasteiger charge is 2.17. The van der Waals surface area contributed by atoms with Gasteiger partial charge in [-0.25, -0.2) is 10.1 Å². The molecule has 0 atom stereocenters. The Morgan fingerprint density at radius 2 is 1.81 bits per heavy atom. The second-order valence-corrected chi connectivity index (χ2v) is 6.53. The fourth-order valence-corrected chi connectivity index (χ4v) is 2.78. The van der Waals surface area contributed by atoms with E-state index < -0.39 is 5.91 Å². The van der Waals surface area contributed by atoms with Crippen LogP contribution in [0.1, 0.15) is 48.4 Å². The Morgan fingerprint density at radius 3 is 2.44 bits per heavy atom. The predicted octanol–water partition coefficient (Wildman–Crippen LogP) is 3.30. The van der Waals surface area contributed by atoms with Crippen LogP contribution in [0.15, 0.2) is 58.4 Å². The van der Waals surface area contributed by atoms with Crippen LogP contribution >= 0.6 is 0 Å². The largest absolute Gasteiger partial charge is 0.292 e. The number of carbonyl (C=O) groups is 1. The molecule has 0 saturated heterocycles. The van der Waals surface area contributed by atoms with Gasteiger partial charge in [-0.1, -0.05) is 49.4 Å². The zero-order valence-electron chi connectivity index (χ0n) is 15.6. The van der Waals surface area contributed by atoms with Crippen LogP contribution in [-0.2, 0) is 6.42 Å². The van der Waals surface area contributed by atoms with E-state index in [2.05, 4.69) is 22.5 Å². The molecule has 0 aliphatic carbocycles. The SMILES string of the molecule is CCc1ccc(/C=N\NC(=O)c2nn(C(C)C)c(=O)c3ccccc23)cc1. The molecule has 1 aromatic heterocycles. The van der Waals surface area contributed by atoms with E-state index in [0.29, 0.717) is 10.8 Å². The number of rotatable bonds is 5. The molecule has 0 radical (unpaired) electrons. The van der Waals surface area contributed by atoms with Crippen LogP contribution in [0.2, 0.25) is 0 Å². The van der Waals surface area contributed by atoms with Gasteiger partial charge >= 0.3 is 0 Å². The molecule has 1 N–H and O–H groups in total. The second kappa shape index (κ2) is 7.95. The average molecular weight is 362 g/mol. The average Bonchev–Trinajstić information content (AvgIpc) is 2.68. The van der Waals surface area contributed by atoms with Gasteiger partial charge in [0.05, 0.1) is 17.6 Å². The van der Waals surface area contributed by atoms with E-state index in [9.17, 15) is 9.59 Å². The third-order valence-corrected chi connectivity index (χ3v) is 4.30. The van der Waals surface area contributed by atoms with Crippen molar-refractivity contribution < 1.29 is 4.79 Å². The van der Waals surface area contributed by atoms with Gasteiger partial charge in [-0.2, -0.15) is 10.2 Å². The topological polar surface area (TPSA) is 76.3 Å². The van der Waals surface area contributed by atoms with Gasteiger partial charge in [0.15, 0.2) is 5.69 Å². The summed E-state index contributed by atoms with van der Waals surface area (Å²) in [6.07, 6.45) is 2.55. The molecule has 1 amide bonds. The Labute approximate surface area is 157 Å². The first kappa shape index (κ1) is 18.5. The van der Waals surface area contributed by atoms with E-state index in [4.69, 9.17) is 0 Å². The first-order valence-corrected chi connectivity index (χ1v) is 8.95. The zero-order valence-corrected chi connectivity index (χ0v) is 15.6. The van der Waals surface area contributed by atoms with E-state index in [1.165, 1.54) is 10.2 Å². The molecule has 0 aliphatic rings. The summed E-state index contributed by atoms with van der Waals surface area (Å²) in [6, 6.07) is 14.8. The van der Waals surface area contributed by atoms with E-state index in [1.54, 1.807) is 30.5 Å². The van der Waals surface area contributed by atoms with Crippen LogP contribution in [0, 0.1) is 0 Å². The highest BCUT2D eigenvalue weighted by Crippen LogP contribution is 2.14. The lowest BCUT2D eigenvalue weighted by atomic mass is 10.1. The number of nitrogens with zero attached hydrogens (tertiary/aromatic N) is 3. The van der Waals surface area contributed by atoms with Crippen molar-refractivity contribution in [1.82, 2.24) is 15.2 Å². The minimum absolute atomic E-state index is 0.158. The Bertz CT molecular complexity index is 1050. The van der Waals surface area contributed by atoms with Gasteiger partial charge in [0.25, 0.3) is 11.5 Å². The number of aromatic nitrogens is 2. The smallest absolute Gasteiger partial charge is 0.267 e. The van der Waals surface area contributed by atoms with E-state index >= 15 is 0 Å². The molecule has 0 unspecified atom stereocenters. The van der Waals surface area contributed by atoms with Crippen LogP contribution in [0.4, 0.5) is 0 Å². The Kier molecular flexibility index (Phi) is 5.45. The Morgan fingerprint density at radius 1 is 1.15 bits per heavy atom. The summed E-state index contributed by atoms with van der Waals surface area (Å²) in [5.74, 6) is -0.456. The van der Waals surface area contributed by atoms with Crippen molar-refractivity contribution in [3.05, 3.63) is 75.7 Å². The molecule has 138 valence electrons. The maximum absolute atomic E-state index is 12.6. The van der Waals surface area contributed by atoms with Crippen LogP contribution in [0.3, 0.4) is 0 Å². The van der Waals surface area contributed by atoms with E-state index in [0.717, 1.165) is 12.0 Å². The van der Waals surface area contributed by atoms with Crippen LogP contribution in [0.25, 0.3) is 10.8 Å². The fraction of sp³-hybridized carbons (Fsp3) is 0.238. The highest BCUT2D eigenvalue weighted by molar-refractivity contribution is 6.04. The minimum atomic E-state index is -0.456. The highest BCUT2D eigenvalue weighted by atomic mass is 16.2. The van der Waals surface area contributed by atoms with Crippen molar-refractivity contribution in [2.24, 2.45) is 5.10 Å². The number of amides is 1. The third kappa shape index (κ3) is 3.95. The summed E-state index contributed by atoms with van der Waals surface area (Å²) in [7, 11) is 0. The molecule has 27 heavy (non-hydrogen) atoms.